The molecule has 0 saturated carbocycles. The van der Waals surface area contributed by atoms with Gasteiger partial charge >= 0.3 is 12.0 Å². The Bertz CT molecular complexity index is 1680. The number of carbonyl (C=O) groups is 8. The third kappa shape index (κ3) is 17.1. The molecule has 1 aromatic rings. The third-order valence-corrected chi connectivity index (χ3v) is 8.89. The summed E-state index contributed by atoms with van der Waals surface area (Å²) in [6.07, 6.45) is 3.47. The van der Waals surface area contributed by atoms with Gasteiger partial charge in [0.25, 0.3) is 21.9 Å². The van der Waals surface area contributed by atoms with Gasteiger partial charge in [-0.2, -0.15) is 8.42 Å². The zero-order valence-corrected chi connectivity index (χ0v) is 32.1. The molecule has 0 spiro atoms. The van der Waals surface area contributed by atoms with Crippen LogP contribution in [0, 0.1) is 11.8 Å². The van der Waals surface area contributed by atoms with Crippen molar-refractivity contribution in [3.63, 3.8) is 0 Å². The van der Waals surface area contributed by atoms with E-state index in [1.165, 1.54) is 0 Å². The second kappa shape index (κ2) is 22.1. The normalized spacial score (nSPS) is 14.3. The Morgan fingerprint density at radius 1 is 0.818 bits per heavy atom. The Labute approximate surface area is 319 Å². The Hall–Kier alpha value is -5.37. The lowest BCUT2D eigenvalue weighted by atomic mass is 10.0. The number of primary amides is 1. The topological polar surface area (TPSA) is 290 Å². The highest BCUT2D eigenvalue weighted by Crippen LogP contribution is 2.14. The van der Waals surface area contributed by atoms with Crippen molar-refractivity contribution in [1.82, 2.24) is 26.2 Å². The van der Waals surface area contributed by atoms with Crippen molar-refractivity contribution in [3.8, 4) is 0 Å². The van der Waals surface area contributed by atoms with Gasteiger partial charge in [0.15, 0.2) is 0 Å². The summed E-state index contributed by atoms with van der Waals surface area (Å²) in [5, 5.41) is 12.3. The summed E-state index contributed by atoms with van der Waals surface area (Å²) < 4.78 is 38.3. The Morgan fingerprint density at radius 2 is 1.45 bits per heavy atom. The molecule has 0 aliphatic carbocycles. The Morgan fingerprint density at radius 3 is 2.02 bits per heavy atom. The molecule has 0 fully saturated rings. The van der Waals surface area contributed by atoms with Crippen LogP contribution in [0.25, 0.3) is 0 Å². The molecule has 1 aliphatic heterocycles. The molecule has 304 valence electrons. The van der Waals surface area contributed by atoms with Crippen LogP contribution in [0.1, 0.15) is 71.8 Å². The first-order valence-electron chi connectivity index (χ1n) is 17.8. The first kappa shape index (κ1) is 45.8. The molecule has 20 heteroatoms. The van der Waals surface area contributed by atoms with Crippen LogP contribution in [0.15, 0.2) is 36.4 Å². The van der Waals surface area contributed by atoms with E-state index in [2.05, 4.69) is 26.6 Å². The number of carbonyl (C=O) groups excluding carboxylic acids is 8. The minimum atomic E-state index is -4.80. The van der Waals surface area contributed by atoms with Gasteiger partial charge in [0.05, 0.1) is 5.92 Å². The second-order valence-electron chi connectivity index (χ2n) is 13.5. The summed E-state index contributed by atoms with van der Waals surface area (Å²) in [7, 11) is -4.80. The van der Waals surface area contributed by atoms with E-state index in [-0.39, 0.29) is 57.3 Å². The van der Waals surface area contributed by atoms with Crippen LogP contribution in [0.2, 0.25) is 0 Å². The molecule has 0 saturated heterocycles. The van der Waals surface area contributed by atoms with Gasteiger partial charge in [-0.3, -0.25) is 43.0 Å². The number of hydrogen-bond acceptors (Lipinski definition) is 11. The van der Waals surface area contributed by atoms with Gasteiger partial charge in [0.1, 0.15) is 30.5 Å². The fourth-order valence-electron chi connectivity index (χ4n) is 5.12. The fraction of sp³-hybridized carbons (Fsp3) is 0.543. The van der Waals surface area contributed by atoms with E-state index in [1.807, 2.05) is 0 Å². The number of amides is 8. The lowest BCUT2D eigenvalue weighted by molar-refractivity contribution is -0.148. The predicted molar refractivity (Wildman–Crippen MR) is 198 cm³/mol. The van der Waals surface area contributed by atoms with Crippen LogP contribution in [0.5, 0.6) is 0 Å². The maximum atomic E-state index is 13.6. The van der Waals surface area contributed by atoms with Gasteiger partial charge in [-0.05, 0) is 49.3 Å². The molecule has 0 unspecified atom stereocenters. The van der Waals surface area contributed by atoms with Gasteiger partial charge in [0.2, 0.25) is 23.6 Å². The van der Waals surface area contributed by atoms with Crippen LogP contribution in [-0.2, 0) is 55.0 Å². The van der Waals surface area contributed by atoms with Crippen molar-refractivity contribution < 1.29 is 56.1 Å². The largest absolute Gasteiger partial charge is 0.461 e. The highest BCUT2D eigenvalue weighted by atomic mass is 32.2. The van der Waals surface area contributed by atoms with Crippen molar-refractivity contribution >= 4 is 63.2 Å². The fourth-order valence-corrected chi connectivity index (χ4v) is 5.77. The quantitative estimate of drug-likeness (QED) is 0.0340. The van der Waals surface area contributed by atoms with Crippen molar-refractivity contribution in [1.29, 1.82) is 0 Å². The highest BCUT2D eigenvalue weighted by molar-refractivity contribution is 7.85. The molecule has 8 amide bonds. The summed E-state index contributed by atoms with van der Waals surface area (Å²) in [5.41, 5.74) is 6.14. The monoisotopic (exact) mass is 793 g/mol. The van der Waals surface area contributed by atoms with E-state index in [9.17, 15) is 51.3 Å². The molecular weight excluding hydrogens is 742 g/mol. The number of urea groups is 1. The van der Waals surface area contributed by atoms with Crippen LogP contribution >= 0.6 is 0 Å². The van der Waals surface area contributed by atoms with E-state index < -0.39 is 81.4 Å². The average Bonchev–Trinajstić information content (AvgIpc) is 3.42. The smallest absolute Gasteiger partial charge is 0.312 e. The standard InChI is InChI=1S/C35H51N7O12S/c1-21(2)30(41-32(47)26(20-55(51,52)53)39-27(43)10-6-5-7-18-42-28(44)15-16-29(42)45)33(48)40-25(9-8-17-37-35(36)50)31(46)38-24-13-11-23(12-14-24)19-54-34(49)22(3)4/h11-16,21-22,25-26,30H,5-10,17-20H2,1-4H3,(H,38,46)(H,39,43)(H,40,48)(H,41,47)(H3,36,37,50)(H,51,52,53)/t25-,26-,30-/m1/s1. The maximum Gasteiger partial charge on any atom is 0.312 e. The highest BCUT2D eigenvalue weighted by Gasteiger charge is 2.33. The second-order valence-corrected chi connectivity index (χ2v) is 15.0. The number of nitrogens with zero attached hydrogens (tertiary/aromatic N) is 1. The zero-order valence-electron chi connectivity index (χ0n) is 31.3. The van der Waals surface area contributed by atoms with Crippen LogP contribution in [0.3, 0.4) is 0 Å². The first-order valence-corrected chi connectivity index (χ1v) is 19.4. The summed E-state index contributed by atoms with van der Waals surface area (Å²) in [6.45, 7) is 6.82. The number of imide groups is 1. The van der Waals surface area contributed by atoms with Crippen LogP contribution in [-0.4, -0.2) is 102 Å². The lowest BCUT2D eigenvalue weighted by Gasteiger charge is -2.27. The summed E-state index contributed by atoms with van der Waals surface area (Å²) >= 11 is 0. The van der Waals surface area contributed by atoms with Crippen LogP contribution in [0.4, 0.5) is 10.5 Å². The molecule has 2 rings (SSSR count). The van der Waals surface area contributed by atoms with Crippen molar-refractivity contribution in [2.24, 2.45) is 17.6 Å². The lowest BCUT2D eigenvalue weighted by Crippen LogP contribution is -2.59. The van der Waals surface area contributed by atoms with Gasteiger partial charge in [-0.25, -0.2) is 4.79 Å². The number of unbranched alkanes of at least 4 members (excludes halogenated alkanes) is 2. The number of esters is 1. The van der Waals surface area contributed by atoms with Crippen molar-refractivity contribution in [3.05, 3.63) is 42.0 Å². The molecule has 1 aromatic carbocycles. The van der Waals surface area contributed by atoms with Gasteiger partial charge in [-0.1, -0.05) is 46.2 Å². The van der Waals surface area contributed by atoms with Gasteiger partial charge in [-0.15, -0.1) is 0 Å². The van der Waals surface area contributed by atoms with Gasteiger partial charge < -0.3 is 37.1 Å². The molecule has 19 nitrogen and oxygen atoms in total. The van der Waals surface area contributed by atoms with E-state index in [4.69, 9.17) is 10.5 Å². The molecule has 55 heavy (non-hydrogen) atoms. The Balaban J connectivity index is 2.09. The molecule has 8 N–H and O–H groups in total. The Kier molecular flexibility index (Phi) is 18.4. The van der Waals surface area contributed by atoms with E-state index in [0.717, 1.165) is 17.1 Å². The number of nitrogens with two attached hydrogens (primary N) is 1. The van der Waals surface area contributed by atoms with Crippen LogP contribution < -0.4 is 32.3 Å². The molecule has 0 aromatic heterocycles. The molecule has 0 radical (unpaired) electrons. The van der Waals surface area contributed by atoms with E-state index in [1.54, 1.807) is 52.0 Å². The minimum absolute atomic E-state index is 0.0167. The molecule has 3 atom stereocenters. The molecule has 0 bridgehead atoms. The number of hydrogen-bond donors (Lipinski definition) is 7. The van der Waals surface area contributed by atoms with Gasteiger partial charge in [0, 0.05) is 37.3 Å². The van der Waals surface area contributed by atoms with E-state index >= 15 is 0 Å². The average molecular weight is 794 g/mol. The summed E-state index contributed by atoms with van der Waals surface area (Å²) in [4.78, 5) is 100. The number of benzene rings is 1. The number of rotatable bonds is 23. The van der Waals surface area contributed by atoms with Crippen molar-refractivity contribution in [2.45, 2.75) is 91.0 Å². The number of ether oxygens (including phenoxy) is 1. The number of nitrogens with one attached hydrogen (secondary N) is 5. The zero-order chi connectivity index (χ0) is 41.3. The third-order valence-electron chi connectivity index (χ3n) is 8.14. The number of anilines is 1. The predicted octanol–water partition coefficient (Wildman–Crippen LogP) is 0.256. The first-order chi connectivity index (χ1) is 25.8. The van der Waals surface area contributed by atoms with Crippen molar-refractivity contribution in [2.75, 3.05) is 24.2 Å². The molecule has 1 heterocycles. The molecule has 1 aliphatic rings. The summed E-state index contributed by atoms with van der Waals surface area (Å²) in [5.74, 6) is -6.64. The maximum absolute atomic E-state index is 13.6. The minimum Gasteiger partial charge on any atom is -0.461 e. The van der Waals surface area contributed by atoms with E-state index in [0.29, 0.717) is 24.1 Å². The summed E-state index contributed by atoms with van der Waals surface area (Å²) in [6, 6.07) is 1.30. The SMILES string of the molecule is CC(C)C(=O)OCc1ccc(NC(=O)[C@@H](CCCNC(N)=O)NC(=O)[C@H](NC(=O)[C@@H](CS(=O)(=O)O)NC(=O)CCCCCN2C(=O)C=CC2=O)C(C)C)cc1. The molecular formula is C35H51N7O12S.